The van der Waals surface area contributed by atoms with Gasteiger partial charge in [-0.1, -0.05) is 54.6 Å². The van der Waals surface area contributed by atoms with Crippen LogP contribution >= 0.6 is 0 Å². The summed E-state index contributed by atoms with van der Waals surface area (Å²) < 4.78 is 2.13. The van der Waals surface area contributed by atoms with Crippen molar-refractivity contribution in [2.45, 2.75) is 0 Å². The van der Waals surface area contributed by atoms with Crippen molar-refractivity contribution in [1.29, 1.82) is 0 Å². The molecule has 3 nitrogen and oxygen atoms in total. The van der Waals surface area contributed by atoms with E-state index in [1.54, 1.807) is 0 Å². The van der Waals surface area contributed by atoms with Gasteiger partial charge in [0.05, 0.1) is 22.2 Å². The smallest absolute Gasteiger partial charge is 0.0725 e. The number of hydrogen-bond donors (Lipinski definition) is 1. The van der Waals surface area contributed by atoms with Gasteiger partial charge < -0.3 is 5.10 Å². The fourth-order valence-corrected chi connectivity index (χ4v) is 4.77. The van der Waals surface area contributed by atoms with Crippen molar-refractivity contribution in [3.8, 4) is 5.69 Å². The van der Waals surface area contributed by atoms with Crippen LogP contribution in [-0.2, 0) is 0 Å². The number of hydrogen-bond acceptors (Lipinski definition) is 1. The number of nitrogens with zero attached hydrogens (tertiary/aromatic N) is 2. The molecule has 1 N–H and O–H groups in total. The third-order valence-corrected chi connectivity index (χ3v) is 6.17. The topological polar surface area (TPSA) is 33.6 Å². The van der Waals surface area contributed by atoms with Crippen molar-refractivity contribution in [3.63, 3.8) is 0 Å². The molecule has 0 saturated carbocycles. The van der Waals surface area contributed by atoms with Gasteiger partial charge in [-0.15, -0.1) is 0 Å². The Labute approximate surface area is 172 Å². The lowest BCUT2D eigenvalue weighted by molar-refractivity contribution is 0.911. The average molecular weight is 383 g/mol. The number of aromatic amines is 1. The molecule has 0 aliphatic heterocycles. The number of rotatable bonds is 1. The van der Waals surface area contributed by atoms with Crippen LogP contribution in [0.15, 0.2) is 97.2 Å². The molecule has 0 aliphatic rings. The number of nitrogens with one attached hydrogen (secondary N) is 1. The van der Waals surface area contributed by atoms with Crippen molar-refractivity contribution in [2.75, 3.05) is 0 Å². The van der Waals surface area contributed by atoms with Crippen molar-refractivity contribution in [1.82, 2.24) is 14.8 Å². The van der Waals surface area contributed by atoms with Gasteiger partial charge in [0.15, 0.2) is 0 Å². The molecule has 2 heterocycles. The maximum Gasteiger partial charge on any atom is 0.0725 e. The zero-order chi connectivity index (χ0) is 19.7. The molecule has 0 radical (unpaired) electrons. The molecule has 7 rings (SSSR count). The maximum atomic E-state index is 4.95. The standard InChI is InChI=1S/C27H17N3/c1-2-7-19(8-3-1)30-26-13-12-24-27(23(26)16-28-30)22-15-21-18(14-25(22)29-24)11-10-17-6-4-5-9-20(17)21/h1-16,28H. The molecule has 5 aromatic carbocycles. The molecular weight excluding hydrogens is 366 g/mol. The number of benzene rings is 5. The van der Waals surface area contributed by atoms with Crippen LogP contribution in [-0.4, -0.2) is 14.8 Å². The highest BCUT2D eigenvalue weighted by Gasteiger charge is 2.14. The van der Waals surface area contributed by atoms with Gasteiger partial charge in [-0.05, 0) is 57.9 Å². The molecule has 7 aromatic rings. The van der Waals surface area contributed by atoms with Crippen molar-refractivity contribution in [2.24, 2.45) is 0 Å². The van der Waals surface area contributed by atoms with Crippen LogP contribution < -0.4 is 0 Å². The minimum Gasteiger partial charge on any atom is -0.300 e. The predicted molar refractivity (Wildman–Crippen MR) is 125 cm³/mol. The van der Waals surface area contributed by atoms with E-state index in [1.807, 2.05) is 6.07 Å². The first-order chi connectivity index (χ1) is 14.9. The van der Waals surface area contributed by atoms with Gasteiger partial charge in [-0.25, -0.2) is 4.98 Å². The molecule has 30 heavy (non-hydrogen) atoms. The van der Waals surface area contributed by atoms with E-state index in [1.165, 1.54) is 37.7 Å². The van der Waals surface area contributed by atoms with Crippen LogP contribution in [0.25, 0.3) is 59.9 Å². The van der Waals surface area contributed by atoms with Crippen molar-refractivity contribution < 1.29 is 0 Å². The molecule has 0 unspecified atom stereocenters. The molecule has 0 saturated heterocycles. The second kappa shape index (κ2) is 5.71. The Balaban J connectivity index is 1.62. The fourth-order valence-electron chi connectivity index (χ4n) is 4.77. The monoisotopic (exact) mass is 383 g/mol. The molecule has 0 aliphatic carbocycles. The number of aromatic nitrogens is 3. The van der Waals surface area contributed by atoms with E-state index in [4.69, 9.17) is 4.98 Å². The first kappa shape index (κ1) is 15.8. The van der Waals surface area contributed by atoms with Gasteiger partial charge in [-0.2, -0.15) is 0 Å². The van der Waals surface area contributed by atoms with E-state index in [0.717, 1.165) is 22.2 Å². The Morgan fingerprint density at radius 1 is 0.600 bits per heavy atom. The highest BCUT2D eigenvalue weighted by Crippen LogP contribution is 2.36. The summed E-state index contributed by atoms with van der Waals surface area (Å²) in [6.45, 7) is 0. The third-order valence-electron chi connectivity index (χ3n) is 6.17. The van der Waals surface area contributed by atoms with E-state index in [2.05, 4.69) is 101 Å². The summed E-state index contributed by atoms with van der Waals surface area (Å²) in [6.07, 6.45) is 2.10. The van der Waals surface area contributed by atoms with E-state index in [-0.39, 0.29) is 0 Å². The molecular formula is C27H17N3. The van der Waals surface area contributed by atoms with Gasteiger partial charge in [0.1, 0.15) is 0 Å². The maximum absolute atomic E-state index is 4.95. The Kier molecular flexibility index (Phi) is 3.00. The summed E-state index contributed by atoms with van der Waals surface area (Å²) >= 11 is 0. The van der Waals surface area contributed by atoms with Gasteiger partial charge in [-0.3, -0.25) is 4.68 Å². The molecule has 0 bridgehead atoms. The SMILES string of the molecule is c1ccc(-n2[nH]cc3c4c(ccc32)nc2cc3ccc5ccccc5c3cc24)cc1. The predicted octanol–water partition coefficient (Wildman–Crippen LogP) is 6.97. The summed E-state index contributed by atoms with van der Waals surface area (Å²) in [5, 5.41) is 12.1. The lowest BCUT2D eigenvalue weighted by Crippen LogP contribution is -1.94. The van der Waals surface area contributed by atoms with Crippen LogP contribution in [0, 0.1) is 0 Å². The average Bonchev–Trinajstić information content (AvgIpc) is 3.39. The highest BCUT2D eigenvalue weighted by atomic mass is 15.3. The highest BCUT2D eigenvalue weighted by molar-refractivity contribution is 6.23. The van der Waals surface area contributed by atoms with Gasteiger partial charge in [0.25, 0.3) is 0 Å². The quantitative estimate of drug-likeness (QED) is 0.305. The minimum absolute atomic E-state index is 1.04. The van der Waals surface area contributed by atoms with Gasteiger partial charge in [0.2, 0.25) is 0 Å². The molecule has 2 aromatic heterocycles. The Hall–Kier alpha value is -4.11. The molecule has 0 amide bonds. The van der Waals surface area contributed by atoms with Crippen LogP contribution in [0.4, 0.5) is 0 Å². The summed E-state index contributed by atoms with van der Waals surface area (Å²) in [6, 6.07) is 32.2. The Morgan fingerprint density at radius 2 is 1.43 bits per heavy atom. The number of H-pyrrole nitrogens is 1. The van der Waals surface area contributed by atoms with Crippen molar-refractivity contribution in [3.05, 3.63) is 97.2 Å². The first-order valence-corrected chi connectivity index (χ1v) is 10.2. The van der Waals surface area contributed by atoms with Gasteiger partial charge in [0, 0.05) is 22.4 Å². The molecule has 0 fully saturated rings. The van der Waals surface area contributed by atoms with Crippen LogP contribution in [0.3, 0.4) is 0 Å². The van der Waals surface area contributed by atoms with E-state index >= 15 is 0 Å². The molecule has 0 spiro atoms. The summed E-state index contributed by atoms with van der Waals surface area (Å²) in [7, 11) is 0. The van der Waals surface area contributed by atoms with E-state index in [0.29, 0.717) is 0 Å². The number of fused-ring (bicyclic) bond motifs is 8. The van der Waals surface area contributed by atoms with Crippen LogP contribution in [0.2, 0.25) is 0 Å². The molecule has 0 atom stereocenters. The summed E-state index contributed by atoms with van der Waals surface area (Å²) in [4.78, 5) is 4.95. The van der Waals surface area contributed by atoms with E-state index in [9.17, 15) is 0 Å². The zero-order valence-electron chi connectivity index (χ0n) is 16.1. The third kappa shape index (κ3) is 2.06. The van der Waals surface area contributed by atoms with Crippen LogP contribution in [0.5, 0.6) is 0 Å². The minimum atomic E-state index is 1.04. The first-order valence-electron chi connectivity index (χ1n) is 10.2. The second-order valence-corrected chi connectivity index (χ2v) is 7.83. The summed E-state index contributed by atoms with van der Waals surface area (Å²) in [5.41, 5.74) is 4.36. The number of para-hydroxylation sites is 1. The Morgan fingerprint density at radius 3 is 2.37 bits per heavy atom. The fraction of sp³-hybridized carbons (Fsp3) is 0. The van der Waals surface area contributed by atoms with Crippen molar-refractivity contribution >= 4 is 54.3 Å². The normalized spacial score (nSPS) is 12.0. The lowest BCUT2D eigenvalue weighted by atomic mass is 9.99. The Bertz CT molecular complexity index is 1740. The van der Waals surface area contributed by atoms with Crippen LogP contribution in [0.1, 0.15) is 0 Å². The molecule has 3 heteroatoms. The second-order valence-electron chi connectivity index (χ2n) is 7.83. The lowest BCUT2D eigenvalue weighted by Gasteiger charge is -2.05. The molecule has 140 valence electrons. The zero-order valence-corrected chi connectivity index (χ0v) is 16.1. The summed E-state index contributed by atoms with van der Waals surface area (Å²) in [5.74, 6) is 0. The van der Waals surface area contributed by atoms with E-state index < -0.39 is 0 Å². The van der Waals surface area contributed by atoms with Gasteiger partial charge >= 0.3 is 0 Å². The largest absolute Gasteiger partial charge is 0.300 e.